The van der Waals surface area contributed by atoms with E-state index in [4.69, 9.17) is 42.1 Å². The number of carboxylic acid groups (broad SMARTS) is 2. The number of benzene rings is 6. The Bertz CT molecular complexity index is 3890. The molecule has 0 atom stereocenters. The lowest BCUT2D eigenvalue weighted by Gasteiger charge is -2.24. The van der Waals surface area contributed by atoms with Gasteiger partial charge in [-0.05, 0) is 174 Å². The van der Waals surface area contributed by atoms with Crippen LogP contribution in [-0.4, -0.2) is 89.0 Å². The van der Waals surface area contributed by atoms with Crippen LogP contribution in [0.4, 0.5) is 11.4 Å². The summed E-state index contributed by atoms with van der Waals surface area (Å²) in [5, 5.41) is 31.5. The lowest BCUT2D eigenvalue weighted by atomic mass is 9.93. The van der Waals surface area contributed by atoms with Gasteiger partial charge < -0.3 is 45.3 Å². The number of thiazole rings is 2. The van der Waals surface area contributed by atoms with Crippen LogP contribution in [0.25, 0.3) is 0 Å². The highest BCUT2D eigenvalue weighted by atomic mass is 35.5. The van der Waals surface area contributed by atoms with Gasteiger partial charge in [-0.2, -0.15) is 0 Å². The molecule has 2 aromatic heterocycles. The molecule has 0 radical (unpaired) electrons. The van der Waals surface area contributed by atoms with E-state index < -0.39 is 54.6 Å². The summed E-state index contributed by atoms with van der Waals surface area (Å²) in [5.74, 6) is -2.18. The normalized spacial score (nSPS) is 11.9. The molecule has 0 saturated carbocycles. The van der Waals surface area contributed by atoms with E-state index in [1.54, 1.807) is 84.9 Å². The monoisotopic (exact) mass is 1390 g/mol. The number of hydrogen-bond acceptors (Lipinski definition) is 16. The van der Waals surface area contributed by atoms with Crippen LogP contribution < -0.4 is 29.6 Å². The molecule has 6 aromatic carbocycles. The predicted molar refractivity (Wildman–Crippen MR) is 364 cm³/mol. The van der Waals surface area contributed by atoms with Gasteiger partial charge in [-0.1, -0.05) is 89.0 Å². The first-order valence-electron chi connectivity index (χ1n) is 29.1. The maximum absolute atomic E-state index is 13.4. The zero-order chi connectivity index (χ0) is 67.4. The van der Waals surface area contributed by atoms with Crippen molar-refractivity contribution < 1.29 is 70.7 Å². The third kappa shape index (κ3) is 21.6. The van der Waals surface area contributed by atoms with Crippen LogP contribution in [0.5, 0.6) is 23.0 Å². The smallest absolute Gasteiger partial charge is 0.347 e. The SMILES string of the molecule is CC(C)(Oc1ccc(CCCS(=O)(=O)c2ccc(Cl)cc2)cc1NC(=O)c1cccc(OCc2nc(C(C)(C)C)cs2)c1)C(=O)O.CC(C)(Oc1ccc(CCCS(=O)(=O)c2ccc(Cl)cc2)cc1NC(=O)c1cccc(OCc2nc(C(C)(C)C)cs2)c1)C(=O)O.O. The number of anilines is 2. The molecule has 8 aromatic rings. The maximum Gasteiger partial charge on any atom is 0.347 e. The zero-order valence-corrected chi connectivity index (χ0v) is 57.9. The van der Waals surface area contributed by atoms with Gasteiger partial charge in [0.2, 0.25) is 0 Å². The van der Waals surface area contributed by atoms with Crippen molar-refractivity contribution in [1.82, 2.24) is 9.97 Å². The molecule has 6 N–H and O–H groups in total. The summed E-state index contributed by atoms with van der Waals surface area (Å²) in [6, 6.07) is 35.3. The summed E-state index contributed by atoms with van der Waals surface area (Å²) in [6.45, 7) is 18.7. The molecule has 2 heterocycles. The largest absolute Gasteiger partial charge is 0.486 e. The first-order chi connectivity index (χ1) is 43.1. The van der Waals surface area contributed by atoms with Gasteiger partial charge >= 0.3 is 11.9 Å². The number of carbonyl (C=O) groups excluding carboxylic acids is 2. The van der Waals surface area contributed by atoms with E-state index in [1.807, 2.05) is 10.8 Å². The van der Waals surface area contributed by atoms with Crippen LogP contribution in [-0.2, 0) is 66.1 Å². The number of carbonyl (C=O) groups is 4. The van der Waals surface area contributed by atoms with Crippen molar-refractivity contribution in [3.05, 3.63) is 198 Å². The first-order valence-corrected chi connectivity index (χ1v) is 34.9. The Morgan fingerprint density at radius 3 is 1.18 bits per heavy atom. The minimum Gasteiger partial charge on any atom is -0.486 e. The Kier molecular flexibility index (Phi) is 25.0. The first kappa shape index (κ1) is 74.1. The molecule has 19 nitrogen and oxygen atoms in total. The highest BCUT2D eigenvalue weighted by molar-refractivity contribution is 7.91. The van der Waals surface area contributed by atoms with Gasteiger partial charge in [0.15, 0.2) is 30.9 Å². The van der Waals surface area contributed by atoms with Crippen molar-refractivity contribution in [2.24, 2.45) is 0 Å². The highest BCUT2D eigenvalue weighted by Crippen LogP contribution is 2.34. The van der Waals surface area contributed by atoms with Gasteiger partial charge in [-0.25, -0.2) is 36.4 Å². The van der Waals surface area contributed by atoms with E-state index in [-0.39, 0.29) is 73.7 Å². The molecule has 0 saturated heterocycles. The van der Waals surface area contributed by atoms with Crippen molar-refractivity contribution >= 4 is 101 Å². The second-order valence-electron chi connectivity index (χ2n) is 24.5. The van der Waals surface area contributed by atoms with Crippen LogP contribution in [0.1, 0.15) is 135 Å². The number of aryl methyl sites for hydroxylation is 2. The van der Waals surface area contributed by atoms with E-state index in [2.05, 4.69) is 62.1 Å². The Balaban J connectivity index is 0.000000292. The fourth-order valence-corrected chi connectivity index (χ4v) is 13.2. The molecular weight excluding hydrogens is 1310 g/mol. The van der Waals surface area contributed by atoms with E-state index in [1.165, 1.54) is 98.9 Å². The molecule has 93 heavy (non-hydrogen) atoms. The Morgan fingerprint density at radius 2 is 0.860 bits per heavy atom. The molecule has 496 valence electrons. The van der Waals surface area contributed by atoms with Crippen molar-refractivity contribution in [2.45, 2.75) is 140 Å². The number of amides is 2. The minimum absolute atomic E-state index is 0. The number of aliphatic carboxylic acids is 2. The lowest BCUT2D eigenvalue weighted by molar-refractivity contribution is -0.152. The average Bonchev–Trinajstić information content (AvgIpc) is 1.66. The zero-order valence-electron chi connectivity index (χ0n) is 53.1. The topological polar surface area (TPSA) is 295 Å². The Labute approximate surface area is 560 Å². The fourth-order valence-electron chi connectivity index (χ4n) is 8.50. The number of carboxylic acids is 2. The van der Waals surface area contributed by atoms with Gasteiger partial charge in [-0.3, -0.25) is 9.59 Å². The van der Waals surface area contributed by atoms with E-state index >= 15 is 0 Å². The Morgan fingerprint density at radius 1 is 0.505 bits per heavy atom. The second-order valence-corrected chi connectivity index (χ2v) is 31.5. The quantitative estimate of drug-likeness (QED) is 0.0392. The molecule has 0 aliphatic rings. The number of ether oxygens (including phenoxy) is 4. The number of sulfone groups is 2. The summed E-state index contributed by atoms with van der Waals surface area (Å²) in [7, 11) is -7.04. The summed E-state index contributed by atoms with van der Waals surface area (Å²) in [4.78, 5) is 60.0. The molecular formula is C68H76Cl2N4O15S4. The van der Waals surface area contributed by atoms with Gasteiger partial charge in [0.05, 0.1) is 44.1 Å². The molecule has 8 rings (SSSR count). The number of rotatable bonds is 26. The molecule has 0 spiro atoms. The third-order valence-electron chi connectivity index (χ3n) is 14.0. The third-order valence-corrected chi connectivity index (χ3v) is 19.8. The second kappa shape index (κ2) is 31.4. The summed E-state index contributed by atoms with van der Waals surface area (Å²) in [6.07, 6.45) is 1.40. The average molecular weight is 1390 g/mol. The molecule has 25 heteroatoms. The molecule has 0 aliphatic carbocycles. The number of hydrogen-bond donors (Lipinski definition) is 4. The van der Waals surface area contributed by atoms with Crippen molar-refractivity contribution in [3.8, 4) is 23.0 Å². The van der Waals surface area contributed by atoms with Gasteiger partial charge in [0, 0.05) is 42.8 Å². The van der Waals surface area contributed by atoms with E-state index in [9.17, 15) is 46.2 Å². The number of nitrogens with one attached hydrogen (secondary N) is 2. The predicted octanol–water partition coefficient (Wildman–Crippen LogP) is 14.3. The summed E-state index contributed by atoms with van der Waals surface area (Å²) in [5.41, 5.74) is 1.27. The number of nitrogens with zero attached hydrogens (tertiary/aromatic N) is 2. The molecule has 0 fully saturated rings. The van der Waals surface area contributed by atoms with Crippen molar-refractivity contribution in [3.63, 3.8) is 0 Å². The summed E-state index contributed by atoms with van der Waals surface area (Å²) < 4.78 is 74.6. The standard InChI is InChI=1S/2C34H37ClN2O7S2.H2O/c2*1-33(2,3)29-21-45-30(37-29)20-43-25-10-6-9-23(19-25)31(38)36-27-18-22(11-16-28(27)44-34(4,5)32(39)40)8-7-17-46(41,42)26-14-12-24(35)13-15-26;/h2*6,9-16,18-19,21H,7-8,17,20H2,1-5H3,(H,36,38)(H,39,40);1H2. The van der Waals surface area contributed by atoms with Gasteiger partial charge in [0.25, 0.3) is 11.8 Å². The van der Waals surface area contributed by atoms with Crippen LogP contribution in [0.15, 0.2) is 154 Å². The van der Waals surface area contributed by atoms with E-state index in [0.29, 0.717) is 58.4 Å². The lowest BCUT2D eigenvalue weighted by Crippen LogP contribution is -2.38. The van der Waals surface area contributed by atoms with Crippen LogP contribution >= 0.6 is 45.9 Å². The highest BCUT2D eigenvalue weighted by Gasteiger charge is 2.32. The van der Waals surface area contributed by atoms with Crippen LogP contribution in [0.3, 0.4) is 0 Å². The maximum atomic E-state index is 13.4. The molecule has 0 unspecified atom stereocenters. The van der Waals surface area contributed by atoms with Crippen molar-refractivity contribution in [1.29, 1.82) is 0 Å². The van der Waals surface area contributed by atoms with Gasteiger partial charge in [0.1, 0.15) is 46.2 Å². The number of aromatic nitrogens is 2. The summed E-state index contributed by atoms with van der Waals surface area (Å²) >= 11 is 14.8. The minimum atomic E-state index is -3.52. The Hall–Kier alpha value is -7.90. The fraction of sp³-hybridized carbons (Fsp3) is 0.324. The molecule has 2 amide bonds. The number of halogens is 2. The van der Waals surface area contributed by atoms with Gasteiger partial charge in [-0.15, -0.1) is 22.7 Å². The van der Waals surface area contributed by atoms with Crippen molar-refractivity contribution in [2.75, 3.05) is 22.1 Å². The van der Waals surface area contributed by atoms with Crippen LogP contribution in [0.2, 0.25) is 10.0 Å². The van der Waals surface area contributed by atoms with Crippen LogP contribution in [0, 0.1) is 0 Å². The van der Waals surface area contributed by atoms with E-state index in [0.717, 1.165) is 32.5 Å². The molecule has 0 aliphatic heterocycles. The molecule has 0 bridgehead atoms.